The van der Waals surface area contributed by atoms with Crippen LogP contribution >= 0.6 is 11.3 Å². The molecule has 122 valence electrons. The second-order valence-electron chi connectivity index (χ2n) is 5.14. The summed E-state index contributed by atoms with van der Waals surface area (Å²) < 4.78 is 9.85. The van der Waals surface area contributed by atoms with Gasteiger partial charge in [0.1, 0.15) is 5.70 Å². The van der Waals surface area contributed by atoms with Crippen LogP contribution in [0.1, 0.15) is 27.9 Å². The molecule has 0 bridgehead atoms. The molecule has 0 fully saturated rings. The minimum absolute atomic E-state index is 0.248. The molecule has 0 saturated heterocycles. The zero-order valence-electron chi connectivity index (χ0n) is 13.0. The van der Waals surface area contributed by atoms with Gasteiger partial charge < -0.3 is 9.47 Å². The number of carbonyl (C=O) groups is 2. The summed E-state index contributed by atoms with van der Waals surface area (Å²) in [7, 11) is 1.33. The molecule has 1 aromatic heterocycles. The first kappa shape index (κ1) is 16.1. The molecule has 24 heavy (non-hydrogen) atoms. The molecule has 0 unspecified atom stereocenters. The predicted octanol–water partition coefficient (Wildman–Crippen LogP) is 3.35. The van der Waals surface area contributed by atoms with Crippen molar-refractivity contribution in [3.05, 3.63) is 69.6 Å². The average Bonchev–Trinajstić information content (AvgIpc) is 3.25. The fourth-order valence-electron chi connectivity index (χ4n) is 2.25. The molecule has 1 aliphatic heterocycles. The number of hydrogen-bond acceptors (Lipinski definition) is 6. The number of hydrogen-bond donors (Lipinski definition) is 0. The van der Waals surface area contributed by atoms with E-state index < -0.39 is 11.9 Å². The van der Waals surface area contributed by atoms with Gasteiger partial charge in [0.25, 0.3) is 0 Å². The summed E-state index contributed by atoms with van der Waals surface area (Å²) in [6.45, 7) is 0. The third-order valence-corrected chi connectivity index (χ3v) is 4.26. The topological polar surface area (TPSA) is 65.0 Å². The molecule has 0 saturated carbocycles. The third-order valence-electron chi connectivity index (χ3n) is 3.52. The summed E-state index contributed by atoms with van der Waals surface area (Å²) in [6, 6.07) is 8.62. The van der Waals surface area contributed by atoms with Gasteiger partial charge in [-0.3, -0.25) is 0 Å². The van der Waals surface area contributed by atoms with Crippen molar-refractivity contribution >= 4 is 29.2 Å². The Hall–Kier alpha value is -2.73. The van der Waals surface area contributed by atoms with Crippen LogP contribution in [0.3, 0.4) is 0 Å². The summed E-state index contributed by atoms with van der Waals surface area (Å²) in [6.07, 6.45) is 3.37. The van der Waals surface area contributed by atoms with E-state index in [4.69, 9.17) is 4.74 Å². The maximum atomic E-state index is 11.9. The van der Waals surface area contributed by atoms with E-state index in [9.17, 15) is 9.59 Å². The van der Waals surface area contributed by atoms with E-state index in [-0.39, 0.29) is 5.90 Å². The number of allylic oxidation sites excluding steroid dienone is 1. The Balaban J connectivity index is 1.70. The van der Waals surface area contributed by atoms with Gasteiger partial charge in [0.15, 0.2) is 0 Å². The number of esters is 2. The molecule has 1 aliphatic rings. The van der Waals surface area contributed by atoms with Gasteiger partial charge >= 0.3 is 11.9 Å². The van der Waals surface area contributed by atoms with Crippen molar-refractivity contribution in [3.8, 4) is 0 Å². The molecule has 5 nitrogen and oxygen atoms in total. The van der Waals surface area contributed by atoms with E-state index in [2.05, 4.69) is 21.2 Å². The highest BCUT2D eigenvalue weighted by Gasteiger charge is 2.23. The number of thiophene rings is 1. The van der Waals surface area contributed by atoms with E-state index in [0.29, 0.717) is 16.8 Å². The number of methoxy groups -OCH3 is 1. The molecule has 0 amide bonds. The molecular formula is C18H15NO4S. The summed E-state index contributed by atoms with van der Waals surface area (Å²) in [5, 5.41) is 4.11. The van der Waals surface area contributed by atoms with Crippen molar-refractivity contribution in [1.29, 1.82) is 0 Å². The van der Waals surface area contributed by atoms with Crippen molar-refractivity contribution in [1.82, 2.24) is 0 Å². The monoisotopic (exact) mass is 341 g/mol. The first-order valence-electron chi connectivity index (χ1n) is 7.38. The van der Waals surface area contributed by atoms with Crippen LogP contribution in [0.25, 0.3) is 0 Å². The highest BCUT2D eigenvalue weighted by Crippen LogP contribution is 2.18. The molecule has 0 aliphatic carbocycles. The molecule has 3 rings (SSSR count). The van der Waals surface area contributed by atoms with Gasteiger partial charge in [-0.25, -0.2) is 14.6 Å². The average molecular weight is 341 g/mol. The van der Waals surface area contributed by atoms with Crippen molar-refractivity contribution in [2.75, 3.05) is 7.11 Å². The minimum atomic E-state index is -0.452. The normalized spacial score (nSPS) is 15.3. The molecule has 1 aromatic carbocycles. The van der Waals surface area contributed by atoms with Crippen LogP contribution in [0.4, 0.5) is 0 Å². The number of aryl methyl sites for hydroxylation is 1. The number of cyclic esters (lactones) is 1. The first-order valence-corrected chi connectivity index (χ1v) is 8.32. The van der Waals surface area contributed by atoms with Crippen LogP contribution in [0, 0.1) is 0 Å². The fraction of sp³-hybridized carbons (Fsp3) is 0.167. The number of nitrogens with zero attached hydrogens (tertiary/aromatic N) is 1. The Bertz CT molecular complexity index is 804. The Labute approximate surface area is 143 Å². The molecular weight excluding hydrogens is 326 g/mol. The minimum Gasteiger partial charge on any atom is -0.465 e. The van der Waals surface area contributed by atoms with Gasteiger partial charge in [-0.1, -0.05) is 6.08 Å². The number of aliphatic imine (C=N–C) groups is 1. The van der Waals surface area contributed by atoms with Gasteiger partial charge in [0.05, 0.1) is 12.7 Å². The molecule has 6 heteroatoms. The zero-order valence-corrected chi connectivity index (χ0v) is 13.8. The zero-order chi connectivity index (χ0) is 16.9. The lowest BCUT2D eigenvalue weighted by Crippen LogP contribution is -2.06. The maximum Gasteiger partial charge on any atom is 0.363 e. The number of ether oxygens (including phenoxy) is 2. The van der Waals surface area contributed by atoms with E-state index in [1.807, 2.05) is 5.38 Å². The second kappa shape index (κ2) is 7.23. The van der Waals surface area contributed by atoms with Crippen LogP contribution in [0.5, 0.6) is 0 Å². The smallest absolute Gasteiger partial charge is 0.363 e. The Kier molecular flexibility index (Phi) is 4.86. The Morgan fingerprint density at radius 1 is 1.29 bits per heavy atom. The maximum absolute atomic E-state index is 11.9. The van der Waals surface area contributed by atoms with Crippen molar-refractivity contribution in [2.24, 2.45) is 4.99 Å². The molecule has 0 atom stereocenters. The highest BCUT2D eigenvalue weighted by molar-refractivity contribution is 7.07. The van der Waals surface area contributed by atoms with Gasteiger partial charge in [0.2, 0.25) is 5.90 Å². The summed E-state index contributed by atoms with van der Waals surface area (Å²) in [5.41, 5.74) is 2.62. The van der Waals surface area contributed by atoms with Crippen molar-refractivity contribution in [2.45, 2.75) is 12.8 Å². The number of rotatable bonds is 5. The standard InChI is InChI=1S/C18H15NO4S/c1-22-17(20)14-7-5-13(6-8-14)16-19-15(18(21)23-16)4-2-3-12-9-10-24-11-12/h4-11H,2-3H2,1H3/b15-4+. The van der Waals surface area contributed by atoms with Crippen molar-refractivity contribution in [3.63, 3.8) is 0 Å². The van der Waals surface area contributed by atoms with Crippen LogP contribution in [-0.2, 0) is 20.7 Å². The SMILES string of the molecule is COC(=O)c1ccc(C2=N/C(=C/CCc3ccsc3)C(=O)O2)cc1. The van der Waals surface area contributed by atoms with E-state index in [0.717, 1.165) is 12.8 Å². The van der Waals surface area contributed by atoms with Crippen molar-refractivity contribution < 1.29 is 19.1 Å². The fourth-order valence-corrected chi connectivity index (χ4v) is 2.95. The lowest BCUT2D eigenvalue weighted by molar-refractivity contribution is -0.130. The third kappa shape index (κ3) is 3.60. The Morgan fingerprint density at radius 3 is 2.75 bits per heavy atom. The number of benzene rings is 1. The van der Waals surface area contributed by atoms with Crippen LogP contribution in [-0.4, -0.2) is 24.9 Å². The first-order chi connectivity index (χ1) is 11.7. The summed E-state index contributed by atoms with van der Waals surface area (Å²) >= 11 is 1.65. The quantitative estimate of drug-likeness (QED) is 0.618. The van der Waals surface area contributed by atoms with E-state index >= 15 is 0 Å². The Morgan fingerprint density at radius 2 is 2.08 bits per heavy atom. The van der Waals surface area contributed by atoms with Crippen LogP contribution < -0.4 is 0 Å². The van der Waals surface area contributed by atoms with Gasteiger partial charge in [-0.2, -0.15) is 11.3 Å². The largest absolute Gasteiger partial charge is 0.465 e. The van der Waals surface area contributed by atoms with Gasteiger partial charge in [-0.05, 0) is 59.5 Å². The lowest BCUT2D eigenvalue weighted by Gasteiger charge is -2.01. The summed E-state index contributed by atoms with van der Waals surface area (Å²) in [4.78, 5) is 27.6. The van der Waals surface area contributed by atoms with Gasteiger partial charge in [0, 0.05) is 5.56 Å². The molecule has 0 spiro atoms. The van der Waals surface area contributed by atoms with Gasteiger partial charge in [-0.15, -0.1) is 0 Å². The molecule has 0 radical (unpaired) electrons. The molecule has 0 N–H and O–H groups in total. The van der Waals surface area contributed by atoms with E-state index in [1.54, 1.807) is 41.7 Å². The van der Waals surface area contributed by atoms with Crippen LogP contribution in [0.2, 0.25) is 0 Å². The number of carbonyl (C=O) groups excluding carboxylic acids is 2. The second-order valence-corrected chi connectivity index (χ2v) is 5.92. The predicted molar refractivity (Wildman–Crippen MR) is 91.1 cm³/mol. The summed E-state index contributed by atoms with van der Waals surface area (Å²) in [5.74, 6) is -0.619. The van der Waals surface area contributed by atoms with E-state index in [1.165, 1.54) is 12.7 Å². The van der Waals surface area contributed by atoms with Crippen LogP contribution in [0.15, 0.2) is 57.9 Å². The molecule has 2 aromatic rings. The molecule has 2 heterocycles. The lowest BCUT2D eigenvalue weighted by atomic mass is 10.1. The highest BCUT2D eigenvalue weighted by atomic mass is 32.1.